The van der Waals surface area contributed by atoms with Gasteiger partial charge in [-0.3, -0.25) is 0 Å². The average molecular weight is 146 g/mol. The molecule has 0 aliphatic heterocycles. The summed E-state index contributed by atoms with van der Waals surface area (Å²) in [5, 5.41) is 8.10. The third-order valence-electron chi connectivity index (χ3n) is 0.744. The van der Waals surface area contributed by atoms with Gasteiger partial charge in [0.05, 0.1) is 0 Å². The molecule has 0 saturated carbocycles. The van der Waals surface area contributed by atoms with E-state index in [9.17, 15) is 9.36 Å². The maximum atomic E-state index is 9.85. The quantitative estimate of drug-likeness (QED) is 0.484. The van der Waals surface area contributed by atoms with Crippen molar-refractivity contribution in [1.29, 1.82) is 0 Å². The van der Waals surface area contributed by atoms with Crippen LogP contribution in [-0.2, 0) is 9.36 Å². The first kappa shape index (κ1) is 8.48. The van der Waals surface area contributed by atoms with Crippen molar-refractivity contribution in [3.63, 3.8) is 0 Å². The van der Waals surface area contributed by atoms with E-state index in [0.29, 0.717) is 12.8 Å². The first-order chi connectivity index (χ1) is 4.27. The molecule has 0 aromatic carbocycles. The minimum atomic E-state index is -0.820. The number of aliphatic carboxylic acids is 1. The topological polar surface area (TPSA) is 54.4 Å². The van der Waals surface area contributed by atoms with E-state index in [2.05, 4.69) is 5.63 Å². The molecule has 3 nitrogen and oxygen atoms in total. The van der Waals surface area contributed by atoms with E-state index in [-0.39, 0.29) is 14.3 Å². The van der Waals surface area contributed by atoms with Crippen LogP contribution >= 0.6 is 7.92 Å². The zero-order valence-electron chi connectivity index (χ0n) is 4.83. The number of hydrogen-bond acceptors (Lipinski definition) is 2. The summed E-state index contributed by atoms with van der Waals surface area (Å²) in [6, 6.07) is 0. The molecule has 50 valence electrons. The molecule has 4 heteroatoms. The molecule has 0 aromatic heterocycles. The Morgan fingerprint density at radius 3 is 2.78 bits per heavy atom. The van der Waals surface area contributed by atoms with Crippen LogP contribution in [0.3, 0.4) is 0 Å². The number of rotatable bonds is 3. The van der Waals surface area contributed by atoms with Gasteiger partial charge in [-0.05, 0) is 0 Å². The van der Waals surface area contributed by atoms with Crippen LogP contribution in [0.2, 0.25) is 0 Å². The molecule has 0 aliphatic carbocycles. The van der Waals surface area contributed by atoms with E-state index in [1.54, 1.807) is 0 Å². The first-order valence-electron chi connectivity index (χ1n) is 2.54. The Labute approximate surface area is 54.2 Å². The normalized spacial score (nSPS) is 8.00. The maximum absolute atomic E-state index is 9.85. The molecule has 0 rings (SSSR count). The van der Waals surface area contributed by atoms with E-state index >= 15 is 0 Å². The fourth-order valence-electron chi connectivity index (χ4n) is 0.364. The SMILES string of the molecule is O=P#CCCCC(=O)O. The van der Waals surface area contributed by atoms with Crippen molar-refractivity contribution in [2.45, 2.75) is 19.3 Å². The molecule has 0 aromatic rings. The average Bonchev–Trinajstić information content (AvgIpc) is 1.80. The molecule has 0 unspecified atom stereocenters. The molecule has 0 amide bonds. The molecule has 0 radical (unpaired) electrons. The second-order valence-corrected chi connectivity index (χ2v) is 2.00. The van der Waals surface area contributed by atoms with E-state index in [4.69, 9.17) is 5.11 Å². The fourth-order valence-corrected chi connectivity index (χ4v) is 0.614. The summed E-state index contributed by atoms with van der Waals surface area (Å²) in [4.78, 5) is 9.85. The number of unbranched alkanes of at least 4 members (excludes halogenated alkanes) is 1. The molecular formula is C5H7O3P. The Hall–Kier alpha value is -0.520. The van der Waals surface area contributed by atoms with E-state index in [1.165, 1.54) is 0 Å². The van der Waals surface area contributed by atoms with Crippen LogP contribution in [-0.4, -0.2) is 11.1 Å². The minimum absolute atomic E-state index is 0.127. The number of carbonyl (C=O) groups is 1. The van der Waals surface area contributed by atoms with Gasteiger partial charge < -0.3 is 0 Å². The van der Waals surface area contributed by atoms with E-state index in [1.807, 2.05) is 0 Å². The molecule has 0 spiro atoms. The van der Waals surface area contributed by atoms with Gasteiger partial charge in [0.2, 0.25) is 0 Å². The van der Waals surface area contributed by atoms with Crippen LogP contribution < -0.4 is 0 Å². The molecule has 0 fully saturated rings. The van der Waals surface area contributed by atoms with Crippen LogP contribution in [0.25, 0.3) is 0 Å². The van der Waals surface area contributed by atoms with E-state index in [0.717, 1.165) is 0 Å². The van der Waals surface area contributed by atoms with E-state index < -0.39 is 5.97 Å². The molecule has 0 aliphatic rings. The van der Waals surface area contributed by atoms with Gasteiger partial charge in [-0.25, -0.2) is 0 Å². The Bertz CT molecular complexity index is 179. The molecule has 0 saturated heterocycles. The second-order valence-electron chi connectivity index (χ2n) is 1.50. The van der Waals surface area contributed by atoms with Crippen molar-refractivity contribution in [3.05, 3.63) is 0 Å². The molecule has 0 heterocycles. The fraction of sp³-hybridized carbons (Fsp3) is 0.600. The summed E-state index contributed by atoms with van der Waals surface area (Å²) in [5.74, 6) is -0.820. The summed E-state index contributed by atoms with van der Waals surface area (Å²) < 4.78 is 9.69. The van der Waals surface area contributed by atoms with Crippen molar-refractivity contribution in [3.8, 4) is 5.63 Å². The monoisotopic (exact) mass is 146 g/mol. The third-order valence-corrected chi connectivity index (χ3v) is 1.10. The Morgan fingerprint density at radius 2 is 2.33 bits per heavy atom. The number of hydrogen-bond donors (Lipinski definition) is 1. The first-order valence-corrected chi connectivity index (χ1v) is 3.35. The summed E-state index contributed by atoms with van der Waals surface area (Å²) in [7, 11) is -0.136. The summed E-state index contributed by atoms with van der Waals surface area (Å²) in [5.41, 5.74) is 2.46. The molecule has 0 atom stereocenters. The van der Waals surface area contributed by atoms with Crippen molar-refractivity contribution in [2.24, 2.45) is 0 Å². The predicted octanol–water partition coefficient (Wildman–Crippen LogP) is 1.49. The van der Waals surface area contributed by atoms with Crippen LogP contribution in [0, 0.1) is 5.63 Å². The third kappa shape index (κ3) is 7.48. The van der Waals surface area contributed by atoms with Crippen LogP contribution in [0.4, 0.5) is 0 Å². The Balaban J connectivity index is 3.17. The summed E-state index contributed by atoms with van der Waals surface area (Å²) in [6.45, 7) is 0. The van der Waals surface area contributed by atoms with Gasteiger partial charge in [-0.15, -0.1) is 0 Å². The Morgan fingerprint density at radius 1 is 1.67 bits per heavy atom. The van der Waals surface area contributed by atoms with Crippen molar-refractivity contribution >= 4 is 13.9 Å². The number of carboxylic acid groups (broad SMARTS) is 1. The van der Waals surface area contributed by atoms with Gasteiger partial charge in [0, 0.05) is 0 Å². The molecule has 0 bridgehead atoms. The van der Waals surface area contributed by atoms with Gasteiger partial charge in [-0.1, -0.05) is 0 Å². The van der Waals surface area contributed by atoms with Crippen molar-refractivity contribution < 1.29 is 14.5 Å². The predicted molar refractivity (Wildman–Crippen MR) is 33.0 cm³/mol. The van der Waals surface area contributed by atoms with Gasteiger partial charge >= 0.3 is 53.2 Å². The standard InChI is InChI=1S/C5H7O3P/c6-5(7)3-1-2-4-9-8/h1-3H2,(H,6,7). The molecule has 1 N–H and O–H groups in total. The van der Waals surface area contributed by atoms with Crippen molar-refractivity contribution in [2.75, 3.05) is 0 Å². The molecule has 9 heavy (non-hydrogen) atoms. The van der Waals surface area contributed by atoms with Crippen LogP contribution in [0.1, 0.15) is 19.3 Å². The van der Waals surface area contributed by atoms with Gasteiger partial charge in [0.1, 0.15) is 0 Å². The van der Waals surface area contributed by atoms with Crippen LogP contribution in [0.15, 0.2) is 0 Å². The summed E-state index contributed by atoms with van der Waals surface area (Å²) >= 11 is 0. The van der Waals surface area contributed by atoms with Crippen molar-refractivity contribution in [1.82, 2.24) is 0 Å². The summed E-state index contributed by atoms with van der Waals surface area (Å²) in [6.07, 6.45) is 1.13. The number of carboxylic acids is 1. The van der Waals surface area contributed by atoms with Gasteiger partial charge in [-0.2, -0.15) is 0 Å². The van der Waals surface area contributed by atoms with Gasteiger partial charge in [0.25, 0.3) is 0 Å². The van der Waals surface area contributed by atoms with Gasteiger partial charge in [0.15, 0.2) is 0 Å². The zero-order chi connectivity index (χ0) is 7.11. The second kappa shape index (κ2) is 5.61. The molecular weight excluding hydrogens is 139 g/mol. The Kier molecular flexibility index (Phi) is 5.29. The van der Waals surface area contributed by atoms with Crippen LogP contribution in [0.5, 0.6) is 0 Å². The zero-order valence-corrected chi connectivity index (χ0v) is 5.73.